The first-order chi connectivity index (χ1) is 21.7. The number of carbonyl (C=O) groups excluding carboxylic acids is 2. The number of halogens is 3. The molecule has 4 N–H and O–H groups in total. The highest BCUT2D eigenvalue weighted by Crippen LogP contribution is 2.30. The van der Waals surface area contributed by atoms with Crippen LogP contribution in [-0.4, -0.2) is 24.6 Å². The Hall–Kier alpha value is -4.91. The molecule has 236 valence electrons. The van der Waals surface area contributed by atoms with Crippen LogP contribution in [0.15, 0.2) is 89.2 Å². The minimum Gasteiger partial charge on any atom is -0.406 e. The summed E-state index contributed by atoms with van der Waals surface area (Å²) in [5.74, 6) is -0.679. The minimum atomic E-state index is -4.79. The van der Waals surface area contributed by atoms with Gasteiger partial charge in [0.25, 0.3) is 5.91 Å². The van der Waals surface area contributed by atoms with Gasteiger partial charge < -0.3 is 15.4 Å². The standard InChI is InChI=1S/C32H34F3N7O3/c1-2-28(24-14-18-27(19-15-24)45-32(33,34)35)36-31(44)42(26-16-12-23(13-17-26)22-6-4-3-5-7-22)20-21-8-10-25(11-9-21)29(43)37-30-38-40-41-39-30/h6,8-19,28,30H,2-5,7,20H2,1H3,(H,36,44)(H,37,43)(H,38,41)(H,39,40). The van der Waals surface area contributed by atoms with E-state index >= 15 is 0 Å². The molecule has 1 aliphatic heterocycles. The normalized spacial score (nSPS) is 16.7. The summed E-state index contributed by atoms with van der Waals surface area (Å²) >= 11 is 0. The first-order valence-electron chi connectivity index (χ1n) is 14.7. The number of ether oxygens (including phenoxy) is 1. The molecule has 5 rings (SSSR count). The summed E-state index contributed by atoms with van der Waals surface area (Å²) < 4.78 is 41.9. The molecule has 0 aromatic heterocycles. The van der Waals surface area contributed by atoms with Crippen LogP contribution >= 0.6 is 0 Å². The Morgan fingerprint density at radius 3 is 2.36 bits per heavy atom. The van der Waals surface area contributed by atoms with Crippen molar-refractivity contribution in [1.29, 1.82) is 0 Å². The van der Waals surface area contributed by atoms with Gasteiger partial charge >= 0.3 is 12.4 Å². The number of rotatable bonds is 10. The molecular formula is C32H34F3N7O3. The lowest BCUT2D eigenvalue weighted by molar-refractivity contribution is -0.274. The lowest BCUT2D eigenvalue weighted by Crippen LogP contribution is -2.44. The number of hydrogen-bond donors (Lipinski definition) is 4. The van der Waals surface area contributed by atoms with Crippen molar-refractivity contribution in [2.45, 2.75) is 64.3 Å². The smallest absolute Gasteiger partial charge is 0.406 e. The first kappa shape index (κ1) is 31.5. The van der Waals surface area contributed by atoms with E-state index in [0.717, 1.165) is 30.4 Å². The average Bonchev–Trinajstić information content (AvgIpc) is 3.56. The summed E-state index contributed by atoms with van der Waals surface area (Å²) in [4.78, 5) is 28.0. The Morgan fingerprint density at radius 1 is 1.02 bits per heavy atom. The fraction of sp³-hybridized carbons (Fsp3) is 0.312. The summed E-state index contributed by atoms with van der Waals surface area (Å²) in [6.45, 7) is 2.08. The summed E-state index contributed by atoms with van der Waals surface area (Å²) in [6, 6.07) is 19.4. The summed E-state index contributed by atoms with van der Waals surface area (Å²) in [6.07, 6.45) is 1.71. The molecule has 3 aromatic rings. The fourth-order valence-corrected chi connectivity index (χ4v) is 5.21. The van der Waals surface area contributed by atoms with Crippen LogP contribution in [0.3, 0.4) is 0 Å². The predicted molar refractivity (Wildman–Crippen MR) is 163 cm³/mol. The molecule has 0 saturated heterocycles. The van der Waals surface area contributed by atoms with Crippen LogP contribution < -0.4 is 31.2 Å². The van der Waals surface area contributed by atoms with E-state index < -0.39 is 18.7 Å². The zero-order chi connectivity index (χ0) is 31.8. The van der Waals surface area contributed by atoms with Gasteiger partial charge in [-0.3, -0.25) is 9.69 Å². The van der Waals surface area contributed by atoms with Gasteiger partial charge in [0, 0.05) is 11.3 Å². The van der Waals surface area contributed by atoms with Crippen molar-refractivity contribution in [2.24, 2.45) is 10.3 Å². The number of carbonyl (C=O) groups is 2. The van der Waals surface area contributed by atoms with E-state index in [1.54, 1.807) is 29.2 Å². The molecule has 0 bridgehead atoms. The molecule has 45 heavy (non-hydrogen) atoms. The molecule has 2 atom stereocenters. The molecule has 3 amide bonds. The summed E-state index contributed by atoms with van der Waals surface area (Å²) in [7, 11) is 0. The van der Waals surface area contributed by atoms with E-state index in [1.165, 1.54) is 36.3 Å². The SMILES string of the molecule is CCC(NC(=O)N(Cc1ccc(C(=O)NC2N=NNN2)cc1)c1ccc(C2=CCCCC2)cc1)c1ccc(OC(F)(F)F)cc1. The van der Waals surface area contributed by atoms with E-state index in [0.29, 0.717) is 23.2 Å². The van der Waals surface area contributed by atoms with Crippen molar-refractivity contribution < 1.29 is 27.5 Å². The van der Waals surface area contributed by atoms with E-state index in [2.05, 4.69) is 42.7 Å². The predicted octanol–water partition coefficient (Wildman–Crippen LogP) is 6.90. The maximum absolute atomic E-state index is 13.8. The number of hydrazine groups is 1. The van der Waals surface area contributed by atoms with Crippen LogP contribution in [0.2, 0.25) is 0 Å². The molecule has 0 fully saturated rings. The van der Waals surface area contributed by atoms with Crippen molar-refractivity contribution in [2.75, 3.05) is 4.90 Å². The maximum atomic E-state index is 13.8. The number of hydrogen-bond acceptors (Lipinski definition) is 7. The zero-order valence-corrected chi connectivity index (χ0v) is 24.6. The van der Waals surface area contributed by atoms with Crippen molar-refractivity contribution in [3.05, 3.63) is 101 Å². The number of amides is 3. The monoisotopic (exact) mass is 621 g/mol. The quantitative estimate of drug-likeness (QED) is 0.196. The van der Waals surface area contributed by atoms with Gasteiger partial charge in [0.05, 0.1) is 12.6 Å². The average molecular weight is 622 g/mol. The molecule has 10 nitrogen and oxygen atoms in total. The van der Waals surface area contributed by atoms with E-state index in [9.17, 15) is 22.8 Å². The van der Waals surface area contributed by atoms with Crippen molar-refractivity contribution in [1.82, 2.24) is 21.6 Å². The third kappa shape index (κ3) is 8.60. The van der Waals surface area contributed by atoms with Gasteiger partial charge in [-0.25, -0.2) is 10.3 Å². The molecule has 0 radical (unpaired) electrons. The first-order valence-corrected chi connectivity index (χ1v) is 14.7. The summed E-state index contributed by atoms with van der Waals surface area (Å²) in [5.41, 5.74) is 10.0. The number of nitrogens with zero attached hydrogens (tertiary/aromatic N) is 3. The van der Waals surface area contributed by atoms with Crippen LogP contribution in [0, 0.1) is 0 Å². The molecule has 2 aliphatic rings. The van der Waals surface area contributed by atoms with Gasteiger partial charge in [-0.15, -0.1) is 18.3 Å². The van der Waals surface area contributed by atoms with E-state index in [-0.39, 0.29) is 24.2 Å². The Kier molecular flexibility index (Phi) is 9.98. The second kappa shape index (κ2) is 14.2. The highest BCUT2D eigenvalue weighted by atomic mass is 19.4. The minimum absolute atomic E-state index is 0.201. The van der Waals surface area contributed by atoms with Crippen molar-refractivity contribution >= 4 is 23.2 Å². The summed E-state index contributed by atoms with van der Waals surface area (Å²) in [5, 5.41) is 13.0. The Bertz CT molecular complexity index is 1530. The molecule has 0 saturated carbocycles. The Morgan fingerprint density at radius 2 is 1.76 bits per heavy atom. The van der Waals surface area contributed by atoms with E-state index in [1.807, 2.05) is 31.2 Å². The highest BCUT2D eigenvalue weighted by Gasteiger charge is 2.31. The maximum Gasteiger partial charge on any atom is 0.573 e. The number of benzene rings is 3. The third-order valence-corrected chi connectivity index (χ3v) is 7.56. The number of alkyl halides is 3. The second-order valence-corrected chi connectivity index (χ2v) is 10.7. The van der Waals surface area contributed by atoms with Gasteiger partial charge in [0.2, 0.25) is 6.29 Å². The van der Waals surface area contributed by atoms with E-state index in [4.69, 9.17) is 0 Å². The van der Waals surface area contributed by atoms with Crippen LogP contribution in [0.5, 0.6) is 5.75 Å². The number of urea groups is 1. The van der Waals surface area contributed by atoms with Crippen molar-refractivity contribution in [3.63, 3.8) is 0 Å². The van der Waals surface area contributed by atoms with Gasteiger partial charge in [-0.1, -0.05) is 54.6 Å². The fourth-order valence-electron chi connectivity index (χ4n) is 5.21. The molecule has 1 aliphatic carbocycles. The van der Waals surface area contributed by atoms with Gasteiger partial charge in [0.1, 0.15) is 5.75 Å². The lowest BCUT2D eigenvalue weighted by Gasteiger charge is -2.27. The van der Waals surface area contributed by atoms with Crippen LogP contribution in [0.4, 0.5) is 23.7 Å². The highest BCUT2D eigenvalue weighted by molar-refractivity contribution is 5.95. The number of allylic oxidation sites excluding steroid dienone is 2. The molecule has 0 spiro atoms. The number of nitrogens with one attached hydrogen (secondary N) is 4. The topological polar surface area (TPSA) is 119 Å². The van der Waals surface area contributed by atoms with Gasteiger partial charge in [0.15, 0.2) is 0 Å². The van der Waals surface area contributed by atoms with Gasteiger partial charge in [-0.2, -0.15) is 5.43 Å². The van der Waals surface area contributed by atoms with Crippen LogP contribution in [-0.2, 0) is 6.54 Å². The molecule has 1 heterocycles. The Balaban J connectivity index is 1.34. The van der Waals surface area contributed by atoms with Crippen LogP contribution in [0.25, 0.3) is 5.57 Å². The van der Waals surface area contributed by atoms with Gasteiger partial charge in [-0.05, 0) is 90.8 Å². The Labute approximate surface area is 258 Å². The second-order valence-electron chi connectivity index (χ2n) is 10.7. The largest absolute Gasteiger partial charge is 0.573 e. The van der Waals surface area contributed by atoms with Crippen LogP contribution in [0.1, 0.15) is 72.1 Å². The molecule has 3 aromatic carbocycles. The third-order valence-electron chi connectivity index (χ3n) is 7.56. The lowest BCUT2D eigenvalue weighted by atomic mass is 9.93. The number of anilines is 1. The molecule has 2 unspecified atom stereocenters. The molecule has 13 heteroatoms. The van der Waals surface area contributed by atoms with Crippen molar-refractivity contribution in [3.8, 4) is 5.75 Å². The zero-order valence-electron chi connectivity index (χ0n) is 24.6. The molecular weight excluding hydrogens is 587 g/mol.